The average Bonchev–Trinajstić information content (AvgIpc) is 3.09. The lowest BCUT2D eigenvalue weighted by Crippen LogP contribution is -2.26. The molecule has 30 heavy (non-hydrogen) atoms. The largest absolute Gasteiger partial charge is 0.478 e. The van der Waals surface area contributed by atoms with Gasteiger partial charge in [0.05, 0.1) is 12.1 Å². The summed E-state index contributed by atoms with van der Waals surface area (Å²) >= 11 is 0. The summed E-state index contributed by atoms with van der Waals surface area (Å²) in [5.74, 6) is 4.49. The van der Waals surface area contributed by atoms with Gasteiger partial charge in [-0.1, -0.05) is 72.5 Å². The Morgan fingerprint density at radius 1 is 0.900 bits per heavy atom. The monoisotopic (exact) mass is 397 g/mol. The van der Waals surface area contributed by atoms with Gasteiger partial charge in [-0.2, -0.15) is 0 Å². The maximum atomic E-state index is 12.1. The second-order valence-electron chi connectivity index (χ2n) is 6.83. The van der Waals surface area contributed by atoms with Crippen molar-refractivity contribution in [3.8, 4) is 23.0 Å². The summed E-state index contributed by atoms with van der Waals surface area (Å²) in [7, 11) is 0. The smallest absolute Gasteiger partial charge is 0.407 e. The molecule has 3 aromatic carbocycles. The van der Waals surface area contributed by atoms with Crippen molar-refractivity contribution in [1.29, 1.82) is 0 Å². The lowest BCUT2D eigenvalue weighted by Gasteiger charge is -2.14. The molecule has 4 rings (SSSR count). The maximum Gasteiger partial charge on any atom is 0.407 e. The number of hydrogen-bond acceptors (Lipinski definition) is 3. The van der Waals surface area contributed by atoms with Crippen molar-refractivity contribution in [3.63, 3.8) is 0 Å². The fourth-order valence-corrected chi connectivity index (χ4v) is 3.68. The number of fused-ring (bicyclic) bond motifs is 3. The van der Waals surface area contributed by atoms with E-state index in [2.05, 4.69) is 41.4 Å². The van der Waals surface area contributed by atoms with Crippen LogP contribution in [0.15, 0.2) is 72.8 Å². The summed E-state index contributed by atoms with van der Waals surface area (Å²) in [5.41, 5.74) is 5.17. The number of amides is 1. The predicted octanol–water partition coefficient (Wildman–Crippen LogP) is 4.28. The molecule has 0 atom stereocenters. The highest BCUT2D eigenvalue weighted by molar-refractivity contribution is 5.90. The van der Waals surface area contributed by atoms with Crippen molar-refractivity contribution in [2.45, 2.75) is 5.92 Å². The molecular formula is C25H19NO4. The maximum absolute atomic E-state index is 12.1. The van der Waals surface area contributed by atoms with E-state index >= 15 is 0 Å². The molecule has 0 aromatic heterocycles. The zero-order chi connectivity index (χ0) is 20.9. The molecule has 5 heteroatoms. The van der Waals surface area contributed by atoms with E-state index in [1.54, 1.807) is 18.2 Å². The molecule has 0 saturated heterocycles. The van der Waals surface area contributed by atoms with E-state index in [-0.39, 0.29) is 24.6 Å². The number of carbonyl (C=O) groups excluding carboxylic acids is 1. The summed E-state index contributed by atoms with van der Waals surface area (Å²) in [6.07, 6.45) is -0.558. The predicted molar refractivity (Wildman–Crippen MR) is 113 cm³/mol. The number of rotatable bonds is 4. The molecule has 3 aromatic rings. The normalized spacial score (nSPS) is 11.6. The van der Waals surface area contributed by atoms with Gasteiger partial charge >= 0.3 is 12.1 Å². The first kappa shape index (κ1) is 19.3. The van der Waals surface area contributed by atoms with Gasteiger partial charge in [0.25, 0.3) is 0 Å². The van der Waals surface area contributed by atoms with Gasteiger partial charge in [-0.05, 0) is 34.4 Å². The Hall–Kier alpha value is -4.04. The lowest BCUT2D eigenvalue weighted by molar-refractivity contribution is 0.0696. The minimum absolute atomic E-state index is 0.00308. The molecule has 148 valence electrons. The van der Waals surface area contributed by atoms with E-state index in [0.29, 0.717) is 5.56 Å². The first-order valence-electron chi connectivity index (χ1n) is 9.55. The third-order valence-electron chi connectivity index (χ3n) is 5.05. The van der Waals surface area contributed by atoms with Crippen LogP contribution in [-0.4, -0.2) is 30.3 Å². The highest BCUT2D eigenvalue weighted by Gasteiger charge is 2.28. The fraction of sp³-hybridized carbons (Fsp3) is 0.120. The van der Waals surface area contributed by atoms with Crippen molar-refractivity contribution < 1.29 is 19.4 Å². The SMILES string of the molecule is O=C(NCC#Cc1ccccc1C(=O)O)OCC1c2ccccc2-c2ccccc21. The third-order valence-corrected chi connectivity index (χ3v) is 5.05. The number of ether oxygens (including phenoxy) is 1. The van der Waals surface area contributed by atoms with Crippen LogP contribution in [0.3, 0.4) is 0 Å². The first-order chi connectivity index (χ1) is 14.6. The number of carbonyl (C=O) groups is 2. The van der Waals surface area contributed by atoms with E-state index in [9.17, 15) is 9.59 Å². The number of aromatic carboxylic acids is 1. The zero-order valence-corrected chi connectivity index (χ0v) is 16.1. The van der Waals surface area contributed by atoms with Crippen LogP contribution in [0.4, 0.5) is 4.79 Å². The minimum Gasteiger partial charge on any atom is -0.478 e. The number of alkyl carbamates (subject to hydrolysis) is 1. The van der Waals surface area contributed by atoms with Gasteiger partial charge in [-0.15, -0.1) is 0 Å². The molecular weight excluding hydrogens is 378 g/mol. The summed E-state index contributed by atoms with van der Waals surface area (Å²) in [6, 6.07) is 22.8. The molecule has 0 aliphatic heterocycles. The summed E-state index contributed by atoms with van der Waals surface area (Å²) < 4.78 is 5.44. The molecule has 0 bridgehead atoms. The Morgan fingerprint density at radius 3 is 2.17 bits per heavy atom. The highest BCUT2D eigenvalue weighted by Crippen LogP contribution is 2.44. The molecule has 1 aliphatic carbocycles. The van der Waals surface area contributed by atoms with Gasteiger partial charge < -0.3 is 15.2 Å². The van der Waals surface area contributed by atoms with Gasteiger partial charge in [0, 0.05) is 11.5 Å². The van der Waals surface area contributed by atoms with Crippen LogP contribution in [-0.2, 0) is 4.74 Å². The Bertz CT molecular complexity index is 1130. The quantitative estimate of drug-likeness (QED) is 0.645. The third kappa shape index (κ3) is 3.89. The molecule has 1 amide bonds. The standard InChI is InChI=1S/C25H19NO4/c27-24(28)18-10-2-1-8-17(18)9-7-15-26-25(29)30-16-23-21-13-5-3-11-19(21)20-12-4-6-14-22(20)23/h1-6,8,10-14,23H,15-16H2,(H,26,29)(H,27,28). The van der Waals surface area contributed by atoms with E-state index in [0.717, 1.165) is 11.1 Å². The molecule has 0 saturated carbocycles. The van der Waals surface area contributed by atoms with Crippen molar-refractivity contribution in [3.05, 3.63) is 95.1 Å². The fourth-order valence-electron chi connectivity index (χ4n) is 3.68. The van der Waals surface area contributed by atoms with Gasteiger partial charge in [0.2, 0.25) is 0 Å². The number of hydrogen-bond donors (Lipinski definition) is 2. The van der Waals surface area contributed by atoms with Gasteiger partial charge in [0.15, 0.2) is 0 Å². The van der Waals surface area contributed by atoms with Crippen molar-refractivity contribution >= 4 is 12.1 Å². The van der Waals surface area contributed by atoms with Crippen LogP contribution in [0.25, 0.3) is 11.1 Å². The number of carboxylic acid groups (broad SMARTS) is 1. The zero-order valence-electron chi connectivity index (χ0n) is 16.1. The Morgan fingerprint density at radius 2 is 1.50 bits per heavy atom. The molecule has 0 radical (unpaired) electrons. The van der Waals surface area contributed by atoms with Crippen LogP contribution in [0.5, 0.6) is 0 Å². The topological polar surface area (TPSA) is 75.6 Å². The Balaban J connectivity index is 1.36. The second kappa shape index (κ2) is 8.54. The summed E-state index contributed by atoms with van der Waals surface area (Å²) in [5, 5.41) is 11.8. The van der Waals surface area contributed by atoms with Crippen LogP contribution in [0.1, 0.15) is 33.0 Å². The molecule has 1 aliphatic rings. The van der Waals surface area contributed by atoms with Crippen molar-refractivity contribution in [1.82, 2.24) is 5.32 Å². The highest BCUT2D eigenvalue weighted by atomic mass is 16.5. The Labute approximate surface area is 174 Å². The average molecular weight is 397 g/mol. The molecule has 0 unspecified atom stereocenters. The van der Waals surface area contributed by atoms with Gasteiger partial charge in [-0.3, -0.25) is 0 Å². The lowest BCUT2D eigenvalue weighted by atomic mass is 9.98. The van der Waals surface area contributed by atoms with Crippen LogP contribution < -0.4 is 5.32 Å². The van der Waals surface area contributed by atoms with Crippen molar-refractivity contribution in [2.24, 2.45) is 0 Å². The van der Waals surface area contributed by atoms with Crippen molar-refractivity contribution in [2.75, 3.05) is 13.2 Å². The van der Waals surface area contributed by atoms with Crippen LogP contribution in [0, 0.1) is 11.8 Å². The van der Waals surface area contributed by atoms with E-state index in [4.69, 9.17) is 9.84 Å². The molecule has 0 heterocycles. The Kier molecular flexibility index (Phi) is 5.49. The molecule has 2 N–H and O–H groups in total. The minimum atomic E-state index is -1.04. The summed E-state index contributed by atoms with van der Waals surface area (Å²) in [4.78, 5) is 23.3. The van der Waals surface area contributed by atoms with E-state index in [1.165, 1.54) is 17.2 Å². The molecule has 5 nitrogen and oxygen atoms in total. The van der Waals surface area contributed by atoms with Gasteiger partial charge in [-0.25, -0.2) is 9.59 Å². The molecule has 0 spiro atoms. The number of nitrogens with one attached hydrogen (secondary N) is 1. The second-order valence-corrected chi connectivity index (χ2v) is 6.83. The van der Waals surface area contributed by atoms with E-state index < -0.39 is 12.1 Å². The first-order valence-corrected chi connectivity index (χ1v) is 9.55. The van der Waals surface area contributed by atoms with Crippen LogP contribution in [0.2, 0.25) is 0 Å². The number of benzene rings is 3. The summed E-state index contributed by atoms with van der Waals surface area (Å²) in [6.45, 7) is 0.291. The van der Waals surface area contributed by atoms with Crippen LogP contribution >= 0.6 is 0 Å². The number of carboxylic acids is 1. The van der Waals surface area contributed by atoms with Gasteiger partial charge in [0.1, 0.15) is 6.61 Å². The molecule has 0 fully saturated rings. The van der Waals surface area contributed by atoms with E-state index in [1.807, 2.05) is 24.3 Å².